The van der Waals surface area contributed by atoms with Gasteiger partial charge in [0.25, 0.3) is 11.4 Å². The molecule has 1 saturated heterocycles. The van der Waals surface area contributed by atoms with Crippen LogP contribution in [0.15, 0.2) is 58.5 Å². The lowest BCUT2D eigenvalue weighted by Crippen LogP contribution is -2.47. The number of piperazine rings is 1. The van der Waals surface area contributed by atoms with Gasteiger partial charge in [0.15, 0.2) is 0 Å². The highest BCUT2D eigenvalue weighted by atomic mass is 16.6. The van der Waals surface area contributed by atoms with E-state index in [0.717, 1.165) is 75.2 Å². The fourth-order valence-electron chi connectivity index (χ4n) is 4.53. The summed E-state index contributed by atoms with van der Waals surface area (Å²) in [6.07, 6.45) is 1.49. The highest BCUT2D eigenvalue weighted by Crippen LogP contribution is 2.19. The van der Waals surface area contributed by atoms with Gasteiger partial charge in [-0.15, -0.1) is 0 Å². The Morgan fingerprint density at radius 2 is 0.976 bits per heavy atom. The fourth-order valence-corrected chi connectivity index (χ4v) is 4.53. The predicted octanol–water partition coefficient (Wildman–Crippen LogP) is 5.82. The van der Waals surface area contributed by atoms with Crippen molar-refractivity contribution in [3.8, 4) is 0 Å². The summed E-state index contributed by atoms with van der Waals surface area (Å²) in [5, 5.41) is 28.7. The average molecular weight is 581 g/mol. The second-order valence-electron chi connectivity index (χ2n) is 12.5. The number of nitrogens with one attached hydrogen (secondary N) is 2. The number of aliphatic imine (C=N–C) groups is 2. The lowest BCUT2D eigenvalue weighted by Gasteiger charge is -2.35. The van der Waals surface area contributed by atoms with Gasteiger partial charge in [0, 0.05) is 87.8 Å². The molecule has 2 N–H and O–H groups in total. The quantitative estimate of drug-likeness (QED) is 0.155. The lowest BCUT2D eigenvalue weighted by atomic mass is 10.1. The summed E-state index contributed by atoms with van der Waals surface area (Å²) >= 11 is 0. The van der Waals surface area contributed by atoms with Crippen LogP contribution in [-0.4, -0.2) is 81.7 Å². The number of nitrogens with zero attached hydrogens (tertiary/aromatic N) is 6. The van der Waals surface area contributed by atoms with E-state index in [1.807, 2.05) is 0 Å². The second-order valence-corrected chi connectivity index (χ2v) is 12.5. The molecular formula is C30H44N8O4. The van der Waals surface area contributed by atoms with Crippen LogP contribution in [0.2, 0.25) is 0 Å². The van der Waals surface area contributed by atoms with E-state index in [0.29, 0.717) is 0 Å². The van der Waals surface area contributed by atoms with E-state index in [1.54, 1.807) is 24.3 Å². The fraction of sp³-hybridized carbons (Fsp3) is 0.533. The van der Waals surface area contributed by atoms with Crippen molar-refractivity contribution in [2.75, 3.05) is 49.9 Å². The normalized spacial score (nSPS) is 15.9. The van der Waals surface area contributed by atoms with Crippen molar-refractivity contribution in [3.05, 3.63) is 68.8 Å². The molecule has 1 fully saturated rings. The maximum atomic E-state index is 11.0. The first-order chi connectivity index (χ1) is 19.7. The summed E-state index contributed by atoms with van der Waals surface area (Å²) in [7, 11) is 0. The molecule has 3 rings (SSSR count). The predicted molar refractivity (Wildman–Crippen MR) is 170 cm³/mol. The summed E-state index contributed by atoms with van der Waals surface area (Å²) in [6, 6.07) is 12.8. The lowest BCUT2D eigenvalue weighted by molar-refractivity contribution is -0.385. The molecule has 1 aliphatic rings. The highest BCUT2D eigenvalue weighted by Gasteiger charge is 2.20. The molecule has 0 spiro atoms. The molecule has 0 amide bonds. The molecule has 0 aromatic heterocycles. The smallest absolute Gasteiger partial charge is 0.269 e. The van der Waals surface area contributed by atoms with Crippen molar-refractivity contribution in [3.63, 3.8) is 0 Å². The minimum Gasteiger partial charge on any atom is -0.344 e. The van der Waals surface area contributed by atoms with Crippen LogP contribution in [0.25, 0.3) is 0 Å². The first-order valence-corrected chi connectivity index (χ1v) is 14.3. The second kappa shape index (κ2) is 14.3. The van der Waals surface area contributed by atoms with E-state index in [9.17, 15) is 20.2 Å². The number of nitro benzene ring substituents is 2. The van der Waals surface area contributed by atoms with Gasteiger partial charge in [0.1, 0.15) is 11.7 Å². The van der Waals surface area contributed by atoms with Gasteiger partial charge in [-0.3, -0.25) is 30.2 Å². The van der Waals surface area contributed by atoms with E-state index in [2.05, 4.69) is 62.0 Å². The van der Waals surface area contributed by atoms with Crippen LogP contribution in [0, 0.1) is 20.2 Å². The molecule has 0 saturated carbocycles. The van der Waals surface area contributed by atoms with E-state index in [-0.39, 0.29) is 22.5 Å². The molecule has 0 aliphatic carbocycles. The number of rotatable bonds is 10. The molecule has 0 bridgehead atoms. The first-order valence-electron chi connectivity index (χ1n) is 14.3. The SMILES string of the molecule is CC(C)(C)N=C(CCN1CCN(CCC(=NC(C)(C)C)Nc2ccc([N+](=O)[O-])cc2)CC1)Nc1ccc([N+](=O)[O-])cc1. The molecule has 0 unspecified atom stereocenters. The molecule has 42 heavy (non-hydrogen) atoms. The Morgan fingerprint density at radius 1 is 0.667 bits per heavy atom. The molecule has 228 valence electrons. The Morgan fingerprint density at radius 3 is 1.24 bits per heavy atom. The van der Waals surface area contributed by atoms with Crippen molar-refractivity contribution in [1.82, 2.24) is 9.80 Å². The number of amidine groups is 2. The number of anilines is 2. The Labute approximate surface area is 248 Å². The summed E-state index contributed by atoms with van der Waals surface area (Å²) in [4.78, 5) is 35.8. The first kappa shape index (κ1) is 32.6. The summed E-state index contributed by atoms with van der Waals surface area (Å²) in [5.74, 6) is 1.72. The standard InChI is InChI=1S/C30H44N8O4/c1-29(2,3)33-27(31-23-7-11-25(12-8-23)37(39)40)15-17-35-19-21-36(22-20-35)18-16-28(34-30(4,5)6)32-24-9-13-26(14-10-24)38(41)42/h7-14H,15-22H2,1-6H3,(H,31,33)(H,32,34). The van der Waals surface area contributed by atoms with Gasteiger partial charge in [0.05, 0.1) is 20.9 Å². The summed E-state index contributed by atoms with van der Waals surface area (Å²) in [5.41, 5.74) is 1.18. The number of nitro groups is 2. The van der Waals surface area contributed by atoms with Crippen LogP contribution in [0.5, 0.6) is 0 Å². The molecule has 2 aromatic rings. The molecule has 2 aromatic carbocycles. The van der Waals surface area contributed by atoms with Gasteiger partial charge in [-0.25, -0.2) is 0 Å². The van der Waals surface area contributed by atoms with Crippen molar-refractivity contribution in [2.24, 2.45) is 9.98 Å². The van der Waals surface area contributed by atoms with Crippen LogP contribution in [0.4, 0.5) is 22.7 Å². The summed E-state index contributed by atoms with van der Waals surface area (Å²) < 4.78 is 0. The minimum absolute atomic E-state index is 0.0617. The number of hydrogen-bond donors (Lipinski definition) is 2. The third kappa shape index (κ3) is 11.5. The highest BCUT2D eigenvalue weighted by molar-refractivity contribution is 5.96. The third-order valence-corrected chi connectivity index (χ3v) is 6.47. The topological polar surface area (TPSA) is 142 Å². The largest absolute Gasteiger partial charge is 0.344 e. The van der Waals surface area contributed by atoms with Gasteiger partial charge in [0.2, 0.25) is 0 Å². The van der Waals surface area contributed by atoms with Crippen LogP contribution in [0.3, 0.4) is 0 Å². The van der Waals surface area contributed by atoms with E-state index in [1.165, 1.54) is 24.3 Å². The van der Waals surface area contributed by atoms with Gasteiger partial charge < -0.3 is 20.4 Å². The number of hydrogen-bond acceptors (Lipinski definition) is 8. The number of benzene rings is 2. The van der Waals surface area contributed by atoms with Crippen LogP contribution >= 0.6 is 0 Å². The van der Waals surface area contributed by atoms with Gasteiger partial charge in [-0.05, 0) is 65.8 Å². The number of non-ortho nitro benzene ring substituents is 2. The Balaban J connectivity index is 1.52. The molecule has 0 atom stereocenters. The van der Waals surface area contributed by atoms with Gasteiger partial charge in [-0.2, -0.15) is 0 Å². The molecular weight excluding hydrogens is 536 g/mol. The van der Waals surface area contributed by atoms with Crippen molar-refractivity contribution in [2.45, 2.75) is 65.5 Å². The van der Waals surface area contributed by atoms with Crippen LogP contribution in [-0.2, 0) is 0 Å². The molecule has 0 radical (unpaired) electrons. The van der Waals surface area contributed by atoms with Gasteiger partial charge >= 0.3 is 0 Å². The molecule has 12 heteroatoms. The maximum Gasteiger partial charge on any atom is 0.269 e. The zero-order valence-electron chi connectivity index (χ0n) is 25.6. The van der Waals surface area contributed by atoms with E-state index >= 15 is 0 Å². The zero-order valence-corrected chi connectivity index (χ0v) is 25.6. The molecule has 1 heterocycles. The third-order valence-electron chi connectivity index (χ3n) is 6.47. The molecule has 1 aliphatic heterocycles. The maximum absolute atomic E-state index is 11.0. The van der Waals surface area contributed by atoms with Crippen molar-refractivity contribution in [1.29, 1.82) is 0 Å². The Bertz CT molecular complexity index is 1150. The molecule has 12 nitrogen and oxygen atoms in total. The van der Waals surface area contributed by atoms with E-state index < -0.39 is 9.85 Å². The van der Waals surface area contributed by atoms with Crippen LogP contribution in [0.1, 0.15) is 54.4 Å². The van der Waals surface area contributed by atoms with Crippen molar-refractivity contribution >= 4 is 34.4 Å². The monoisotopic (exact) mass is 580 g/mol. The van der Waals surface area contributed by atoms with Crippen LogP contribution < -0.4 is 10.6 Å². The summed E-state index contributed by atoms with van der Waals surface area (Å²) in [6.45, 7) is 17.8. The van der Waals surface area contributed by atoms with Crippen molar-refractivity contribution < 1.29 is 9.85 Å². The Kier molecular flexibility index (Phi) is 11.1. The zero-order chi connectivity index (χ0) is 30.9. The Hall–Kier alpha value is -3.90. The average Bonchev–Trinajstić information content (AvgIpc) is 2.90. The minimum atomic E-state index is -0.402. The van der Waals surface area contributed by atoms with Gasteiger partial charge in [-0.1, -0.05) is 0 Å². The van der Waals surface area contributed by atoms with E-state index in [4.69, 9.17) is 9.98 Å².